The molecular weight excluding hydrogens is 383 g/mol. The van der Waals surface area contributed by atoms with E-state index < -0.39 is 0 Å². The third-order valence-corrected chi connectivity index (χ3v) is 5.79. The second-order valence-corrected chi connectivity index (χ2v) is 7.87. The van der Waals surface area contributed by atoms with Crippen molar-refractivity contribution in [2.75, 3.05) is 26.0 Å². The predicted molar refractivity (Wildman–Crippen MR) is 106 cm³/mol. The number of halogens is 1. The molecule has 1 unspecified atom stereocenters. The molecule has 8 heteroatoms. The highest BCUT2D eigenvalue weighted by atomic mass is 32.2. The summed E-state index contributed by atoms with van der Waals surface area (Å²) in [7, 11) is 1.32. The summed E-state index contributed by atoms with van der Waals surface area (Å²) >= 11 is 1.32. The molecule has 1 aliphatic heterocycles. The minimum absolute atomic E-state index is 0.0300. The van der Waals surface area contributed by atoms with Crippen LogP contribution in [0.1, 0.15) is 37.7 Å². The van der Waals surface area contributed by atoms with Gasteiger partial charge in [-0.05, 0) is 37.0 Å². The first-order chi connectivity index (χ1) is 13.5. The molecule has 2 amide bonds. The van der Waals surface area contributed by atoms with Crippen molar-refractivity contribution in [2.45, 2.75) is 43.9 Å². The Bertz CT molecular complexity index is 669. The lowest BCUT2D eigenvalue weighted by Gasteiger charge is -2.39. The van der Waals surface area contributed by atoms with Crippen LogP contribution in [-0.4, -0.2) is 54.0 Å². The number of thioether (sulfide) groups is 1. The van der Waals surface area contributed by atoms with Crippen LogP contribution in [0.2, 0.25) is 0 Å². The van der Waals surface area contributed by atoms with Crippen LogP contribution in [0.25, 0.3) is 0 Å². The Kier molecular flexibility index (Phi) is 9.27. The Balaban J connectivity index is 1.51. The zero-order chi connectivity index (χ0) is 20.4. The first-order valence-electron chi connectivity index (χ1n) is 9.48. The first-order valence-corrected chi connectivity index (χ1v) is 10.5. The van der Waals surface area contributed by atoms with Crippen LogP contribution in [0, 0.1) is 5.82 Å². The van der Waals surface area contributed by atoms with E-state index >= 15 is 0 Å². The van der Waals surface area contributed by atoms with Gasteiger partial charge in [-0.25, -0.2) is 4.39 Å². The normalized spacial score (nSPS) is 15.9. The molecule has 28 heavy (non-hydrogen) atoms. The van der Waals surface area contributed by atoms with Crippen molar-refractivity contribution in [3.05, 3.63) is 35.6 Å². The van der Waals surface area contributed by atoms with Crippen molar-refractivity contribution in [1.29, 1.82) is 0 Å². The SMILES string of the molecule is COC(=O)CSC1CC(=O)N1CC(=O)NCCCCCCc1ccc(F)cc1. The predicted octanol–water partition coefficient (Wildman–Crippen LogP) is 2.51. The molecule has 2 rings (SSSR count). The van der Waals surface area contributed by atoms with Gasteiger partial charge in [0.2, 0.25) is 11.8 Å². The highest BCUT2D eigenvalue weighted by Gasteiger charge is 2.37. The lowest BCUT2D eigenvalue weighted by atomic mass is 10.1. The molecular formula is C20H27FN2O4S. The van der Waals surface area contributed by atoms with Crippen molar-refractivity contribution in [3.63, 3.8) is 0 Å². The average Bonchev–Trinajstić information content (AvgIpc) is 2.69. The second kappa shape index (κ2) is 11.7. The Morgan fingerprint density at radius 3 is 2.61 bits per heavy atom. The van der Waals surface area contributed by atoms with Gasteiger partial charge in [0.25, 0.3) is 0 Å². The summed E-state index contributed by atoms with van der Waals surface area (Å²) in [5.74, 6) is -0.632. The molecule has 1 heterocycles. The maximum absolute atomic E-state index is 12.8. The first kappa shape index (κ1) is 22.2. The number of amides is 2. The number of esters is 1. The number of carbonyl (C=O) groups is 3. The minimum atomic E-state index is -0.340. The van der Waals surface area contributed by atoms with Gasteiger partial charge in [0.05, 0.1) is 24.7 Å². The molecule has 1 aromatic carbocycles. The number of ether oxygens (including phenoxy) is 1. The van der Waals surface area contributed by atoms with E-state index in [1.807, 2.05) is 12.1 Å². The van der Waals surface area contributed by atoms with E-state index in [0.717, 1.165) is 37.7 Å². The summed E-state index contributed by atoms with van der Waals surface area (Å²) < 4.78 is 17.4. The van der Waals surface area contributed by atoms with Crippen LogP contribution in [0.15, 0.2) is 24.3 Å². The zero-order valence-corrected chi connectivity index (χ0v) is 16.9. The van der Waals surface area contributed by atoms with Crippen LogP contribution >= 0.6 is 11.8 Å². The van der Waals surface area contributed by atoms with E-state index in [2.05, 4.69) is 10.1 Å². The van der Waals surface area contributed by atoms with E-state index in [9.17, 15) is 18.8 Å². The Morgan fingerprint density at radius 2 is 1.93 bits per heavy atom. The molecule has 1 aromatic rings. The van der Waals surface area contributed by atoms with E-state index in [0.29, 0.717) is 13.0 Å². The van der Waals surface area contributed by atoms with Gasteiger partial charge in [-0.2, -0.15) is 0 Å². The summed E-state index contributed by atoms with van der Waals surface area (Å²) in [6.45, 7) is 0.611. The van der Waals surface area contributed by atoms with Crippen molar-refractivity contribution in [1.82, 2.24) is 10.2 Å². The van der Waals surface area contributed by atoms with E-state index in [1.165, 1.54) is 35.9 Å². The highest BCUT2D eigenvalue weighted by Crippen LogP contribution is 2.29. The van der Waals surface area contributed by atoms with Gasteiger partial charge in [-0.1, -0.05) is 25.0 Å². The number of benzene rings is 1. The summed E-state index contributed by atoms with van der Waals surface area (Å²) in [6.07, 6.45) is 5.23. The van der Waals surface area contributed by atoms with Crippen LogP contribution in [0.3, 0.4) is 0 Å². The van der Waals surface area contributed by atoms with Crippen molar-refractivity contribution >= 4 is 29.5 Å². The number of unbranched alkanes of at least 4 members (excludes halogenated alkanes) is 3. The van der Waals surface area contributed by atoms with Gasteiger partial charge in [-0.15, -0.1) is 11.8 Å². The highest BCUT2D eigenvalue weighted by molar-refractivity contribution is 8.00. The molecule has 0 saturated carbocycles. The molecule has 1 fully saturated rings. The maximum atomic E-state index is 12.8. The van der Waals surface area contributed by atoms with Crippen LogP contribution in [0.4, 0.5) is 4.39 Å². The Morgan fingerprint density at radius 1 is 1.21 bits per heavy atom. The summed E-state index contributed by atoms with van der Waals surface area (Å²) in [5.41, 5.74) is 1.13. The van der Waals surface area contributed by atoms with Gasteiger partial charge in [0.1, 0.15) is 12.4 Å². The molecule has 0 bridgehead atoms. The number of hydrogen-bond acceptors (Lipinski definition) is 5. The largest absolute Gasteiger partial charge is 0.468 e. The number of nitrogens with zero attached hydrogens (tertiary/aromatic N) is 1. The second-order valence-electron chi connectivity index (χ2n) is 6.71. The number of aryl methyl sites for hydroxylation is 1. The van der Waals surface area contributed by atoms with E-state index in [4.69, 9.17) is 0 Å². The lowest BCUT2D eigenvalue weighted by Crippen LogP contribution is -2.54. The van der Waals surface area contributed by atoms with Gasteiger partial charge in [0.15, 0.2) is 0 Å². The minimum Gasteiger partial charge on any atom is -0.468 e. The molecule has 0 aliphatic carbocycles. The van der Waals surface area contributed by atoms with Gasteiger partial charge < -0.3 is 15.0 Å². The maximum Gasteiger partial charge on any atom is 0.315 e. The molecule has 1 atom stereocenters. The van der Waals surface area contributed by atoms with Crippen molar-refractivity contribution in [2.24, 2.45) is 0 Å². The fraction of sp³-hybridized carbons (Fsp3) is 0.550. The molecule has 1 aliphatic rings. The standard InChI is InChI=1S/C20H27FN2O4S/c1-27-20(26)14-28-19-12-18(25)23(19)13-17(24)22-11-5-3-2-4-6-15-7-9-16(21)10-8-15/h7-10,19H,2-6,11-14H2,1H3,(H,22,24). The Hall–Kier alpha value is -2.09. The topological polar surface area (TPSA) is 75.7 Å². The van der Waals surface area contributed by atoms with Crippen LogP contribution in [-0.2, 0) is 25.5 Å². The molecule has 1 saturated heterocycles. The molecule has 1 N–H and O–H groups in total. The smallest absolute Gasteiger partial charge is 0.315 e. The third-order valence-electron chi connectivity index (χ3n) is 4.58. The molecule has 0 aromatic heterocycles. The van der Waals surface area contributed by atoms with Crippen LogP contribution < -0.4 is 5.32 Å². The average molecular weight is 411 g/mol. The molecule has 0 spiro atoms. The molecule has 0 radical (unpaired) electrons. The quantitative estimate of drug-likeness (QED) is 0.326. The number of rotatable bonds is 12. The zero-order valence-electron chi connectivity index (χ0n) is 16.1. The summed E-state index contributed by atoms with van der Waals surface area (Å²) in [6, 6.07) is 6.57. The third kappa shape index (κ3) is 7.50. The van der Waals surface area contributed by atoms with Crippen molar-refractivity contribution in [3.8, 4) is 0 Å². The molecule has 154 valence electrons. The lowest BCUT2D eigenvalue weighted by molar-refractivity contribution is -0.145. The monoisotopic (exact) mass is 410 g/mol. The van der Waals surface area contributed by atoms with E-state index in [1.54, 1.807) is 0 Å². The fourth-order valence-corrected chi connectivity index (χ4v) is 3.96. The number of hydrogen-bond donors (Lipinski definition) is 1. The van der Waals surface area contributed by atoms with E-state index in [-0.39, 0.29) is 41.3 Å². The van der Waals surface area contributed by atoms with Gasteiger partial charge >= 0.3 is 5.97 Å². The number of likely N-dealkylation sites (tertiary alicyclic amines) is 1. The van der Waals surface area contributed by atoms with Crippen LogP contribution in [0.5, 0.6) is 0 Å². The van der Waals surface area contributed by atoms with Crippen molar-refractivity contribution < 1.29 is 23.5 Å². The number of methoxy groups -OCH3 is 1. The number of carbonyl (C=O) groups excluding carboxylic acids is 3. The summed E-state index contributed by atoms with van der Waals surface area (Å²) in [5, 5.41) is 2.70. The number of β-lactam (4-membered cyclic amide) rings is 1. The Labute approximate surface area is 169 Å². The van der Waals surface area contributed by atoms with Gasteiger partial charge in [0, 0.05) is 6.54 Å². The summed E-state index contributed by atoms with van der Waals surface area (Å²) in [4.78, 5) is 36.3. The molecule has 6 nitrogen and oxygen atoms in total. The number of nitrogens with one attached hydrogen (secondary N) is 1. The fourth-order valence-electron chi connectivity index (χ4n) is 2.88. The van der Waals surface area contributed by atoms with Gasteiger partial charge in [-0.3, -0.25) is 14.4 Å².